The van der Waals surface area contributed by atoms with Crippen molar-refractivity contribution in [2.24, 2.45) is 11.7 Å². The molecule has 0 fully saturated rings. The zero-order valence-electron chi connectivity index (χ0n) is 13.0. The molecule has 0 unspecified atom stereocenters. The molecule has 0 aliphatic rings. The molecule has 0 radical (unpaired) electrons. The van der Waals surface area contributed by atoms with Crippen LogP contribution in [0.3, 0.4) is 0 Å². The van der Waals surface area contributed by atoms with Crippen LogP contribution in [-0.2, 0) is 16.1 Å². The van der Waals surface area contributed by atoms with Crippen molar-refractivity contribution in [1.82, 2.24) is 10.6 Å². The van der Waals surface area contributed by atoms with Crippen LogP contribution in [0.5, 0.6) is 0 Å². The van der Waals surface area contributed by atoms with Crippen molar-refractivity contribution in [3.05, 3.63) is 33.8 Å². The summed E-state index contributed by atoms with van der Waals surface area (Å²) < 4.78 is 1.00. The number of benzene rings is 1. The van der Waals surface area contributed by atoms with Gasteiger partial charge in [-0.3, -0.25) is 9.59 Å². The molecule has 7 heteroatoms. The number of nitrogens with one attached hydrogen (secondary N) is 2. The van der Waals surface area contributed by atoms with Crippen molar-refractivity contribution in [3.63, 3.8) is 0 Å². The van der Waals surface area contributed by atoms with Gasteiger partial charge in [-0.25, -0.2) is 0 Å². The number of rotatable bonds is 6. The number of aryl methyl sites for hydroxylation is 1. The highest BCUT2D eigenvalue weighted by Crippen LogP contribution is 2.15. The average Bonchev–Trinajstić information content (AvgIpc) is 2.42. The van der Waals surface area contributed by atoms with E-state index in [0.29, 0.717) is 6.54 Å². The van der Waals surface area contributed by atoms with Gasteiger partial charge in [-0.15, -0.1) is 12.4 Å². The number of carbonyl (C=O) groups excluding carboxylic acids is 2. The molecule has 0 aliphatic heterocycles. The van der Waals surface area contributed by atoms with Gasteiger partial charge in [0.2, 0.25) is 11.8 Å². The van der Waals surface area contributed by atoms with E-state index in [-0.39, 0.29) is 36.7 Å². The molecule has 0 aromatic heterocycles. The SMILES string of the molecule is Cc1cc(Br)ccc1CNC(=O)CNC(=O)[C@@H](N)C(C)C.Cl. The summed E-state index contributed by atoms with van der Waals surface area (Å²) in [5, 5.41) is 5.31. The fourth-order valence-electron chi connectivity index (χ4n) is 1.70. The molecule has 5 nitrogen and oxygen atoms in total. The molecule has 22 heavy (non-hydrogen) atoms. The molecule has 0 saturated heterocycles. The number of hydrogen-bond donors (Lipinski definition) is 3. The number of nitrogens with two attached hydrogens (primary N) is 1. The molecule has 0 saturated carbocycles. The van der Waals surface area contributed by atoms with Gasteiger partial charge in [0.25, 0.3) is 0 Å². The zero-order chi connectivity index (χ0) is 16.0. The van der Waals surface area contributed by atoms with E-state index >= 15 is 0 Å². The predicted molar refractivity (Wildman–Crippen MR) is 93.8 cm³/mol. The zero-order valence-corrected chi connectivity index (χ0v) is 15.4. The minimum Gasteiger partial charge on any atom is -0.350 e. The molecule has 124 valence electrons. The van der Waals surface area contributed by atoms with Crippen LogP contribution in [0.2, 0.25) is 0 Å². The molecule has 1 aromatic rings. The Labute approximate surface area is 145 Å². The minimum absolute atomic E-state index is 0. The highest BCUT2D eigenvalue weighted by molar-refractivity contribution is 9.10. The number of hydrogen-bond acceptors (Lipinski definition) is 3. The summed E-state index contributed by atoms with van der Waals surface area (Å²) >= 11 is 3.40. The van der Waals surface area contributed by atoms with Crippen molar-refractivity contribution in [2.75, 3.05) is 6.54 Å². The molecule has 1 aromatic carbocycles. The van der Waals surface area contributed by atoms with Crippen LogP contribution in [0.25, 0.3) is 0 Å². The van der Waals surface area contributed by atoms with E-state index in [1.165, 1.54) is 0 Å². The summed E-state index contributed by atoms with van der Waals surface area (Å²) in [6, 6.07) is 5.28. The fourth-order valence-corrected chi connectivity index (χ4v) is 2.18. The van der Waals surface area contributed by atoms with Gasteiger partial charge in [0.05, 0.1) is 12.6 Å². The summed E-state index contributed by atoms with van der Waals surface area (Å²) in [5.74, 6) is -0.500. The van der Waals surface area contributed by atoms with Crippen molar-refractivity contribution >= 4 is 40.2 Å². The third-order valence-electron chi connectivity index (χ3n) is 3.22. The Hall–Kier alpha value is -1.11. The predicted octanol–water partition coefficient (Wildman–Crippen LogP) is 1.90. The summed E-state index contributed by atoms with van der Waals surface area (Å²) in [5.41, 5.74) is 7.83. The maximum Gasteiger partial charge on any atom is 0.239 e. The fraction of sp³-hybridized carbons (Fsp3) is 0.467. The average molecular weight is 393 g/mol. The molecule has 4 N–H and O–H groups in total. The maximum atomic E-state index is 11.7. The topological polar surface area (TPSA) is 84.2 Å². The first kappa shape index (κ1) is 20.9. The number of halogens is 2. The quantitative estimate of drug-likeness (QED) is 0.691. The van der Waals surface area contributed by atoms with E-state index in [4.69, 9.17) is 5.73 Å². The normalized spacial score (nSPS) is 11.5. The van der Waals surface area contributed by atoms with Gasteiger partial charge in [-0.05, 0) is 36.1 Å². The molecule has 1 rings (SSSR count). The van der Waals surface area contributed by atoms with Crippen LogP contribution in [-0.4, -0.2) is 24.4 Å². The molecule has 0 spiro atoms. The highest BCUT2D eigenvalue weighted by Gasteiger charge is 2.17. The number of amides is 2. The number of carbonyl (C=O) groups is 2. The maximum absolute atomic E-state index is 11.7. The second-order valence-corrected chi connectivity index (χ2v) is 6.25. The lowest BCUT2D eigenvalue weighted by Gasteiger charge is -2.15. The van der Waals surface area contributed by atoms with Crippen LogP contribution in [0, 0.1) is 12.8 Å². The van der Waals surface area contributed by atoms with Crippen molar-refractivity contribution in [2.45, 2.75) is 33.4 Å². The third-order valence-corrected chi connectivity index (χ3v) is 3.72. The van der Waals surface area contributed by atoms with Crippen molar-refractivity contribution in [3.8, 4) is 0 Å². The van der Waals surface area contributed by atoms with E-state index in [9.17, 15) is 9.59 Å². The van der Waals surface area contributed by atoms with E-state index in [0.717, 1.165) is 15.6 Å². The lowest BCUT2D eigenvalue weighted by Crippen LogP contribution is -2.47. The summed E-state index contributed by atoms with van der Waals surface area (Å²) in [6.07, 6.45) is 0. The largest absolute Gasteiger partial charge is 0.350 e. The van der Waals surface area contributed by atoms with E-state index in [2.05, 4.69) is 26.6 Å². The van der Waals surface area contributed by atoms with Crippen molar-refractivity contribution in [1.29, 1.82) is 0 Å². The first-order valence-electron chi connectivity index (χ1n) is 6.86. The standard InChI is InChI=1S/C15H22BrN3O2.ClH/c1-9(2)14(17)15(21)19-8-13(20)18-7-11-4-5-12(16)6-10(11)3;/h4-6,9,14H,7-8,17H2,1-3H3,(H,18,20)(H,19,21);1H/t14-;/m0./s1. The van der Waals surface area contributed by atoms with E-state index < -0.39 is 6.04 Å². The van der Waals surface area contributed by atoms with E-state index in [1.54, 1.807) is 0 Å². The highest BCUT2D eigenvalue weighted by atomic mass is 79.9. The van der Waals surface area contributed by atoms with Gasteiger partial charge in [0.15, 0.2) is 0 Å². The molecule has 1 atom stereocenters. The lowest BCUT2D eigenvalue weighted by atomic mass is 10.1. The second kappa shape index (κ2) is 9.82. The first-order valence-corrected chi connectivity index (χ1v) is 7.65. The van der Waals surface area contributed by atoms with Crippen LogP contribution in [0.4, 0.5) is 0 Å². The summed E-state index contributed by atoms with van der Waals surface area (Å²) in [7, 11) is 0. The smallest absolute Gasteiger partial charge is 0.239 e. The lowest BCUT2D eigenvalue weighted by molar-refractivity contribution is -0.127. The van der Waals surface area contributed by atoms with Gasteiger partial charge >= 0.3 is 0 Å². The van der Waals surface area contributed by atoms with Gasteiger partial charge in [0.1, 0.15) is 0 Å². The second-order valence-electron chi connectivity index (χ2n) is 5.34. The van der Waals surface area contributed by atoms with Crippen LogP contribution in [0.15, 0.2) is 22.7 Å². The Balaban J connectivity index is 0.00000441. The van der Waals surface area contributed by atoms with Crippen LogP contribution >= 0.6 is 28.3 Å². The Morgan fingerprint density at radius 1 is 1.27 bits per heavy atom. The Bertz CT molecular complexity index is 524. The first-order chi connectivity index (χ1) is 9.81. The van der Waals surface area contributed by atoms with Crippen LogP contribution in [0.1, 0.15) is 25.0 Å². The monoisotopic (exact) mass is 391 g/mol. The molecular weight excluding hydrogens is 370 g/mol. The molecular formula is C15H23BrClN3O2. The summed E-state index contributed by atoms with van der Waals surface area (Å²) in [4.78, 5) is 23.3. The molecule has 0 aliphatic carbocycles. The third kappa shape index (κ3) is 6.77. The molecule has 0 bridgehead atoms. The van der Waals surface area contributed by atoms with Gasteiger partial charge in [-0.2, -0.15) is 0 Å². The molecule has 2 amide bonds. The van der Waals surface area contributed by atoms with Crippen molar-refractivity contribution < 1.29 is 9.59 Å². The van der Waals surface area contributed by atoms with Gasteiger partial charge in [-0.1, -0.05) is 35.8 Å². The Kier molecular flexibility index (Phi) is 9.32. The minimum atomic E-state index is -0.591. The Morgan fingerprint density at radius 2 is 1.91 bits per heavy atom. The van der Waals surface area contributed by atoms with E-state index in [1.807, 2.05) is 39.0 Å². The van der Waals surface area contributed by atoms with Crippen LogP contribution < -0.4 is 16.4 Å². The van der Waals surface area contributed by atoms with Gasteiger partial charge < -0.3 is 16.4 Å². The Morgan fingerprint density at radius 3 is 2.45 bits per heavy atom. The summed E-state index contributed by atoms with van der Waals surface area (Å²) in [6.45, 7) is 6.08. The molecule has 0 heterocycles. The van der Waals surface area contributed by atoms with Gasteiger partial charge in [0, 0.05) is 11.0 Å².